The molecule has 1 aliphatic rings. The highest BCUT2D eigenvalue weighted by Gasteiger charge is 2.27. The van der Waals surface area contributed by atoms with Gasteiger partial charge in [-0.1, -0.05) is 70.9 Å². The van der Waals surface area contributed by atoms with Gasteiger partial charge >= 0.3 is 0 Å². The van der Waals surface area contributed by atoms with Crippen molar-refractivity contribution in [3.63, 3.8) is 0 Å². The Kier molecular flexibility index (Phi) is 7.56. The van der Waals surface area contributed by atoms with E-state index < -0.39 is 6.02 Å². The third-order valence-electron chi connectivity index (χ3n) is 7.20. The van der Waals surface area contributed by atoms with Gasteiger partial charge in [-0.2, -0.15) is 10.5 Å². The fourth-order valence-electron chi connectivity index (χ4n) is 4.92. The smallest absolute Gasteiger partial charge is 0.109 e. The van der Waals surface area contributed by atoms with Crippen LogP contribution in [0.2, 0.25) is 10.0 Å². The van der Waals surface area contributed by atoms with E-state index in [4.69, 9.17) is 23.2 Å². The Morgan fingerprint density at radius 1 is 1.02 bits per heavy atom. The molecule has 0 amide bonds. The number of hydrogen-bond acceptors (Lipinski definition) is 7. The number of anilines is 2. The molecule has 0 saturated heterocycles. The molecule has 0 aliphatic heterocycles. The van der Waals surface area contributed by atoms with E-state index in [1.807, 2.05) is 36.4 Å². The molecule has 1 fully saturated rings. The molecular formula is C32H26Cl2N8. The molecule has 3 aromatic carbocycles. The number of nitrogens with zero attached hydrogens (tertiary/aromatic N) is 6. The first-order chi connectivity index (χ1) is 20.9. The number of hydrogen-bond donors (Lipinski definition) is 2. The molecule has 8 nitrogen and oxygen atoms in total. The molecule has 6 rings (SSSR count). The highest BCUT2D eigenvalue weighted by molar-refractivity contribution is 6.36. The highest BCUT2D eigenvalue weighted by atomic mass is 35.5. The van der Waals surface area contributed by atoms with Crippen LogP contribution < -0.4 is 10.6 Å². The fraction of sp³-hybridized carbons (Fsp3) is 0.219. The Hall–Kier alpha value is -4.63. The van der Waals surface area contributed by atoms with Crippen LogP contribution in [0.25, 0.3) is 10.9 Å². The van der Waals surface area contributed by atoms with Gasteiger partial charge in [0, 0.05) is 28.7 Å². The van der Waals surface area contributed by atoms with E-state index in [1.54, 1.807) is 41.2 Å². The second-order valence-electron chi connectivity index (χ2n) is 10.1. The van der Waals surface area contributed by atoms with Crippen molar-refractivity contribution in [1.82, 2.24) is 20.0 Å². The lowest BCUT2D eigenvalue weighted by Gasteiger charge is -2.23. The summed E-state index contributed by atoms with van der Waals surface area (Å²) in [5.74, 6) is 0. The van der Waals surface area contributed by atoms with Gasteiger partial charge in [-0.3, -0.25) is 4.98 Å². The van der Waals surface area contributed by atoms with Gasteiger partial charge in [0.25, 0.3) is 0 Å². The molecule has 1 aliphatic carbocycles. The van der Waals surface area contributed by atoms with Crippen molar-refractivity contribution in [3.8, 4) is 12.1 Å². The van der Waals surface area contributed by atoms with Crippen LogP contribution in [0.3, 0.4) is 0 Å². The number of halogens is 2. The van der Waals surface area contributed by atoms with Gasteiger partial charge in [-0.05, 0) is 54.7 Å². The maximum Gasteiger partial charge on any atom is 0.109 e. The molecule has 0 bridgehead atoms. The van der Waals surface area contributed by atoms with Crippen LogP contribution in [0.5, 0.6) is 0 Å². The molecule has 10 heteroatoms. The van der Waals surface area contributed by atoms with Crippen molar-refractivity contribution in [2.24, 2.45) is 0 Å². The second-order valence-corrected chi connectivity index (χ2v) is 11.0. The predicted octanol–water partition coefficient (Wildman–Crippen LogP) is 8.00. The van der Waals surface area contributed by atoms with Crippen LogP contribution in [0.15, 0.2) is 79.1 Å². The topological polar surface area (TPSA) is 115 Å². The van der Waals surface area contributed by atoms with Gasteiger partial charge in [0.1, 0.15) is 11.8 Å². The van der Waals surface area contributed by atoms with Crippen molar-refractivity contribution in [3.05, 3.63) is 112 Å². The summed E-state index contributed by atoms with van der Waals surface area (Å²) in [6.07, 6.45) is 6.22. The molecule has 0 unspecified atom stereocenters. The summed E-state index contributed by atoms with van der Waals surface area (Å²) >= 11 is 13.0. The van der Waals surface area contributed by atoms with Gasteiger partial charge in [0.2, 0.25) is 0 Å². The van der Waals surface area contributed by atoms with E-state index in [1.165, 1.54) is 6.20 Å². The largest absolute Gasteiger partial charge is 0.377 e. The summed E-state index contributed by atoms with van der Waals surface area (Å²) in [7, 11) is 0. The van der Waals surface area contributed by atoms with Crippen LogP contribution >= 0.6 is 23.2 Å². The Balaban J connectivity index is 1.45. The number of pyridine rings is 1. The summed E-state index contributed by atoms with van der Waals surface area (Å²) in [5.41, 5.74) is 3.92. The summed E-state index contributed by atoms with van der Waals surface area (Å²) in [4.78, 5) is 4.49. The molecule has 2 heterocycles. The first kappa shape index (κ1) is 26.3. The van der Waals surface area contributed by atoms with Crippen molar-refractivity contribution < 1.29 is 1.37 Å². The van der Waals surface area contributed by atoms with Crippen molar-refractivity contribution >= 4 is 45.5 Å². The Bertz CT molecular complexity index is 1860. The van der Waals surface area contributed by atoms with Crippen LogP contribution in [0, 0.1) is 22.7 Å². The zero-order valence-corrected chi connectivity index (χ0v) is 23.9. The Labute approximate surface area is 254 Å². The van der Waals surface area contributed by atoms with Gasteiger partial charge in [-0.15, -0.1) is 5.10 Å². The average molecular weight is 595 g/mol. The zero-order valence-electron chi connectivity index (χ0n) is 23.4. The molecule has 2 aromatic heterocycles. The summed E-state index contributed by atoms with van der Waals surface area (Å²) in [6.45, 7) is 0. The maximum atomic E-state index is 10.0. The normalized spacial score (nSPS) is 15.2. The van der Waals surface area contributed by atoms with E-state index in [0.717, 1.165) is 18.4 Å². The minimum Gasteiger partial charge on any atom is -0.377 e. The van der Waals surface area contributed by atoms with Gasteiger partial charge in [-0.25, -0.2) is 4.68 Å². The molecule has 208 valence electrons. The van der Waals surface area contributed by atoms with Crippen molar-refractivity contribution in [2.75, 3.05) is 10.6 Å². The van der Waals surface area contributed by atoms with Crippen LogP contribution in [0.4, 0.5) is 11.4 Å². The van der Waals surface area contributed by atoms with E-state index in [0.29, 0.717) is 68.0 Å². The lowest BCUT2D eigenvalue weighted by molar-refractivity contribution is 0.610. The van der Waals surface area contributed by atoms with Crippen LogP contribution in [0.1, 0.15) is 67.5 Å². The predicted molar refractivity (Wildman–Crippen MR) is 164 cm³/mol. The molecule has 2 atom stereocenters. The number of rotatable bonds is 10. The summed E-state index contributed by atoms with van der Waals surface area (Å²) in [6, 6.07) is 23.3. The molecule has 0 radical (unpaired) electrons. The minimum absolute atomic E-state index is 0.240. The molecular weight excluding hydrogens is 567 g/mol. The van der Waals surface area contributed by atoms with E-state index in [9.17, 15) is 11.9 Å². The molecule has 1 saturated carbocycles. The molecule has 2 N–H and O–H groups in total. The number of benzene rings is 3. The molecule has 42 heavy (non-hydrogen) atoms. The van der Waals surface area contributed by atoms with Crippen LogP contribution in [-0.2, 0) is 0 Å². The number of aromatic nitrogens is 4. The van der Waals surface area contributed by atoms with Gasteiger partial charge < -0.3 is 10.6 Å². The molecule has 0 spiro atoms. The SMILES string of the molecule is [2H][C@](Nc1cc(Cl)c2ncc(C#N)c(N[C@H](CCC#N)c3ccccc3)c2c1)(c1ccc(Cl)cc1)c1cn(C2CC2)nn1. The Morgan fingerprint density at radius 3 is 2.52 bits per heavy atom. The van der Waals surface area contributed by atoms with Gasteiger partial charge in [0.05, 0.1) is 53.5 Å². The van der Waals surface area contributed by atoms with Crippen LogP contribution in [-0.4, -0.2) is 20.0 Å². The summed E-state index contributed by atoms with van der Waals surface area (Å²) < 4.78 is 11.5. The zero-order chi connectivity index (χ0) is 30.0. The summed E-state index contributed by atoms with van der Waals surface area (Å²) in [5, 5.41) is 36.4. The quantitative estimate of drug-likeness (QED) is 0.168. The highest BCUT2D eigenvalue weighted by Crippen LogP contribution is 2.38. The second kappa shape index (κ2) is 12.1. The number of fused-ring (bicyclic) bond motifs is 1. The van der Waals surface area contributed by atoms with Crippen molar-refractivity contribution in [2.45, 2.75) is 43.8 Å². The lowest BCUT2D eigenvalue weighted by atomic mass is 10.00. The van der Waals surface area contributed by atoms with Crippen molar-refractivity contribution in [1.29, 1.82) is 10.5 Å². The minimum atomic E-state index is -1.54. The standard InChI is InChI=1S/C32H26Cl2N8/c33-23-10-8-21(9-11-23)31(29-19-42(41-40-29)25-12-13-25)38-24-15-26-30(22(17-36)18-37-32(26)27(34)16-24)39-28(7-4-14-35)20-5-2-1-3-6-20/h1-3,5-6,8-11,15-16,18-19,25,28,31,38H,4,7,12-13H2,(H,37,39)/t28-,31+/m1/s1/i31D. The third kappa shape index (κ3) is 5.87. The Morgan fingerprint density at radius 2 is 1.81 bits per heavy atom. The van der Waals surface area contributed by atoms with E-state index in [-0.39, 0.29) is 6.04 Å². The average Bonchev–Trinajstić information content (AvgIpc) is 3.75. The first-order valence-electron chi connectivity index (χ1n) is 14.1. The van der Waals surface area contributed by atoms with E-state index in [2.05, 4.69) is 38.1 Å². The van der Waals surface area contributed by atoms with Gasteiger partial charge in [0.15, 0.2) is 0 Å². The maximum absolute atomic E-state index is 10.0. The monoisotopic (exact) mass is 593 g/mol. The lowest BCUT2D eigenvalue weighted by Crippen LogP contribution is -2.14. The first-order valence-corrected chi connectivity index (χ1v) is 14.3. The number of nitrogens with one attached hydrogen (secondary N) is 2. The third-order valence-corrected chi connectivity index (χ3v) is 7.74. The van der Waals surface area contributed by atoms with E-state index >= 15 is 0 Å². The molecule has 5 aromatic rings. The fourth-order valence-corrected chi connectivity index (χ4v) is 5.31. The number of nitriles is 2.